The van der Waals surface area contributed by atoms with E-state index in [1.54, 1.807) is 0 Å². The lowest BCUT2D eigenvalue weighted by atomic mass is 9.78. The van der Waals surface area contributed by atoms with Crippen LogP contribution in [0.2, 0.25) is 0 Å². The van der Waals surface area contributed by atoms with Crippen molar-refractivity contribution in [3.05, 3.63) is 48.3 Å². The fourth-order valence-corrected chi connectivity index (χ4v) is 2.49. The predicted molar refractivity (Wildman–Crippen MR) is 84.9 cm³/mol. The quantitative estimate of drug-likeness (QED) is 0.582. The molecule has 0 fully saturated rings. The lowest BCUT2D eigenvalue weighted by molar-refractivity contribution is 0.339. The standard InChI is InChI=1S/C18H20N2/c1-12(18(2,3)4)15-10-14-8-7-13-6-5-9-19-16(13)17(14)20-11-15/h5-12H,1-4H3/t12-/m1/s1. The molecule has 0 amide bonds. The van der Waals surface area contributed by atoms with Crippen LogP contribution in [0.25, 0.3) is 21.8 Å². The summed E-state index contributed by atoms with van der Waals surface area (Å²) in [6, 6.07) is 10.6. The van der Waals surface area contributed by atoms with Crippen LogP contribution >= 0.6 is 0 Å². The molecule has 0 aliphatic rings. The van der Waals surface area contributed by atoms with Gasteiger partial charge in [-0.2, -0.15) is 0 Å². The summed E-state index contributed by atoms with van der Waals surface area (Å²) in [5.41, 5.74) is 3.51. The molecule has 0 saturated heterocycles. The molecule has 2 aromatic heterocycles. The number of hydrogen-bond donors (Lipinski definition) is 0. The summed E-state index contributed by atoms with van der Waals surface area (Å²) in [7, 11) is 0. The molecule has 2 heteroatoms. The van der Waals surface area contributed by atoms with Crippen LogP contribution in [-0.4, -0.2) is 9.97 Å². The van der Waals surface area contributed by atoms with E-state index in [0.29, 0.717) is 5.92 Å². The molecule has 0 spiro atoms. The molecule has 3 rings (SSSR count). The minimum Gasteiger partial charge on any atom is -0.254 e. The Labute approximate surface area is 119 Å². The first-order valence-electron chi connectivity index (χ1n) is 7.10. The normalized spacial score (nSPS) is 13.8. The van der Waals surface area contributed by atoms with Crippen LogP contribution in [0.15, 0.2) is 42.7 Å². The van der Waals surface area contributed by atoms with Crippen LogP contribution in [0, 0.1) is 5.41 Å². The molecule has 2 heterocycles. The van der Waals surface area contributed by atoms with Gasteiger partial charge in [0.25, 0.3) is 0 Å². The first-order valence-corrected chi connectivity index (χ1v) is 7.10. The summed E-state index contributed by atoms with van der Waals surface area (Å²) in [5.74, 6) is 0.471. The van der Waals surface area contributed by atoms with Gasteiger partial charge in [0, 0.05) is 23.2 Å². The van der Waals surface area contributed by atoms with E-state index in [9.17, 15) is 0 Å². The van der Waals surface area contributed by atoms with Gasteiger partial charge in [0.05, 0.1) is 11.0 Å². The third kappa shape index (κ3) is 2.15. The molecule has 2 nitrogen and oxygen atoms in total. The largest absolute Gasteiger partial charge is 0.254 e. The van der Waals surface area contributed by atoms with Crippen molar-refractivity contribution in [3.8, 4) is 0 Å². The molecule has 1 atom stereocenters. The highest BCUT2D eigenvalue weighted by atomic mass is 14.7. The van der Waals surface area contributed by atoms with Crippen LogP contribution in [0.4, 0.5) is 0 Å². The van der Waals surface area contributed by atoms with Crippen molar-refractivity contribution in [1.29, 1.82) is 0 Å². The molecule has 1 aromatic carbocycles. The third-order valence-electron chi connectivity index (χ3n) is 4.24. The van der Waals surface area contributed by atoms with Crippen LogP contribution in [0.3, 0.4) is 0 Å². The van der Waals surface area contributed by atoms with Gasteiger partial charge >= 0.3 is 0 Å². The van der Waals surface area contributed by atoms with Crippen molar-refractivity contribution in [1.82, 2.24) is 9.97 Å². The molecule has 0 aliphatic carbocycles. The maximum absolute atomic E-state index is 4.68. The van der Waals surface area contributed by atoms with Gasteiger partial charge in [-0.3, -0.25) is 9.97 Å². The Hall–Kier alpha value is -1.96. The fraction of sp³-hybridized carbons (Fsp3) is 0.333. The van der Waals surface area contributed by atoms with Gasteiger partial charge in [-0.25, -0.2) is 0 Å². The number of pyridine rings is 2. The number of hydrogen-bond acceptors (Lipinski definition) is 2. The van der Waals surface area contributed by atoms with Gasteiger partial charge in [0.15, 0.2) is 0 Å². The summed E-state index contributed by atoms with van der Waals surface area (Å²) in [6.07, 6.45) is 3.83. The van der Waals surface area contributed by atoms with E-state index in [0.717, 1.165) is 16.4 Å². The molecule has 0 saturated carbocycles. The predicted octanol–water partition coefficient (Wildman–Crippen LogP) is 4.93. The molecular weight excluding hydrogens is 244 g/mol. The van der Waals surface area contributed by atoms with E-state index in [1.807, 2.05) is 18.5 Å². The molecular formula is C18H20N2. The summed E-state index contributed by atoms with van der Waals surface area (Å²) in [5, 5.41) is 2.31. The number of fused-ring (bicyclic) bond motifs is 3. The van der Waals surface area contributed by atoms with Gasteiger partial charge < -0.3 is 0 Å². The molecule has 0 radical (unpaired) electrons. The number of aromatic nitrogens is 2. The van der Waals surface area contributed by atoms with Crippen molar-refractivity contribution in [3.63, 3.8) is 0 Å². The number of nitrogens with zero attached hydrogens (tertiary/aromatic N) is 2. The van der Waals surface area contributed by atoms with Crippen LogP contribution in [0.1, 0.15) is 39.2 Å². The Kier molecular flexibility index (Phi) is 2.97. The van der Waals surface area contributed by atoms with Crippen molar-refractivity contribution < 1.29 is 0 Å². The van der Waals surface area contributed by atoms with Gasteiger partial charge in [0.2, 0.25) is 0 Å². The maximum atomic E-state index is 4.68. The van der Waals surface area contributed by atoms with E-state index in [1.165, 1.54) is 10.9 Å². The Morgan fingerprint density at radius 2 is 1.65 bits per heavy atom. The lowest BCUT2D eigenvalue weighted by Gasteiger charge is -2.27. The average Bonchev–Trinajstić information content (AvgIpc) is 2.44. The minimum absolute atomic E-state index is 0.241. The number of benzene rings is 1. The zero-order valence-corrected chi connectivity index (χ0v) is 12.5. The second-order valence-electron chi connectivity index (χ2n) is 6.57. The molecule has 0 unspecified atom stereocenters. The van der Waals surface area contributed by atoms with E-state index in [4.69, 9.17) is 0 Å². The second kappa shape index (κ2) is 4.55. The van der Waals surface area contributed by atoms with Crippen molar-refractivity contribution in [2.24, 2.45) is 5.41 Å². The van der Waals surface area contributed by atoms with Crippen LogP contribution < -0.4 is 0 Å². The number of rotatable bonds is 1. The van der Waals surface area contributed by atoms with Gasteiger partial charge in [-0.1, -0.05) is 45.9 Å². The molecule has 0 bridgehead atoms. The van der Waals surface area contributed by atoms with E-state index < -0.39 is 0 Å². The molecule has 0 N–H and O–H groups in total. The average molecular weight is 264 g/mol. The summed E-state index contributed by atoms with van der Waals surface area (Å²) < 4.78 is 0. The summed E-state index contributed by atoms with van der Waals surface area (Å²) in [4.78, 5) is 9.15. The highest BCUT2D eigenvalue weighted by Gasteiger charge is 2.22. The van der Waals surface area contributed by atoms with E-state index in [-0.39, 0.29) is 5.41 Å². The van der Waals surface area contributed by atoms with Crippen molar-refractivity contribution >= 4 is 21.8 Å². The summed E-state index contributed by atoms with van der Waals surface area (Å²) in [6.45, 7) is 9.07. The fourth-order valence-electron chi connectivity index (χ4n) is 2.49. The smallest absolute Gasteiger partial charge is 0.0964 e. The Morgan fingerprint density at radius 3 is 2.40 bits per heavy atom. The third-order valence-corrected chi connectivity index (χ3v) is 4.24. The highest BCUT2D eigenvalue weighted by Crippen LogP contribution is 2.35. The lowest BCUT2D eigenvalue weighted by Crippen LogP contribution is -2.15. The molecule has 102 valence electrons. The second-order valence-corrected chi connectivity index (χ2v) is 6.57. The first kappa shape index (κ1) is 13.0. The Bertz CT molecular complexity index is 769. The van der Waals surface area contributed by atoms with Crippen molar-refractivity contribution in [2.75, 3.05) is 0 Å². The summed E-state index contributed by atoms with van der Waals surface area (Å²) >= 11 is 0. The minimum atomic E-state index is 0.241. The Morgan fingerprint density at radius 1 is 0.950 bits per heavy atom. The Balaban J connectivity index is 2.20. The zero-order valence-electron chi connectivity index (χ0n) is 12.5. The first-order chi connectivity index (χ1) is 9.47. The zero-order chi connectivity index (χ0) is 14.3. The molecule has 0 aliphatic heterocycles. The van der Waals surface area contributed by atoms with Crippen LogP contribution in [0.5, 0.6) is 0 Å². The van der Waals surface area contributed by atoms with Gasteiger partial charge in [-0.15, -0.1) is 0 Å². The van der Waals surface area contributed by atoms with Gasteiger partial charge in [-0.05, 0) is 29.0 Å². The molecule has 20 heavy (non-hydrogen) atoms. The van der Waals surface area contributed by atoms with Gasteiger partial charge in [0.1, 0.15) is 0 Å². The molecule has 3 aromatic rings. The highest BCUT2D eigenvalue weighted by molar-refractivity contribution is 6.02. The van der Waals surface area contributed by atoms with E-state index in [2.05, 4.69) is 61.9 Å². The van der Waals surface area contributed by atoms with E-state index >= 15 is 0 Å². The topological polar surface area (TPSA) is 25.8 Å². The van der Waals surface area contributed by atoms with Crippen molar-refractivity contribution in [2.45, 2.75) is 33.6 Å². The monoisotopic (exact) mass is 264 g/mol. The SMILES string of the molecule is C[C@H](c1cnc2c(ccc3cccnc32)c1)C(C)(C)C. The maximum Gasteiger partial charge on any atom is 0.0964 e. The van der Waals surface area contributed by atoms with Crippen LogP contribution in [-0.2, 0) is 0 Å².